The van der Waals surface area contributed by atoms with Crippen LogP contribution in [0.1, 0.15) is 37.5 Å². The van der Waals surface area contributed by atoms with Gasteiger partial charge < -0.3 is 15.0 Å². The molecule has 39 heavy (non-hydrogen) atoms. The van der Waals surface area contributed by atoms with Crippen molar-refractivity contribution in [1.82, 2.24) is 10.2 Å². The molecule has 3 aromatic carbocycles. The van der Waals surface area contributed by atoms with E-state index in [9.17, 15) is 18.0 Å². The summed E-state index contributed by atoms with van der Waals surface area (Å²) >= 11 is 0. The van der Waals surface area contributed by atoms with Crippen molar-refractivity contribution in [2.24, 2.45) is 0 Å². The number of rotatable bonds is 11. The number of nitrogens with one attached hydrogen (secondary N) is 1. The Morgan fingerprint density at radius 2 is 1.51 bits per heavy atom. The first-order valence-corrected chi connectivity index (χ1v) is 14.3. The highest BCUT2D eigenvalue weighted by molar-refractivity contribution is 7.92. The summed E-state index contributed by atoms with van der Waals surface area (Å²) in [6.45, 7) is 8.85. The van der Waals surface area contributed by atoms with Crippen LogP contribution in [0.15, 0.2) is 77.7 Å². The second kappa shape index (κ2) is 12.8. The Bertz CT molecular complexity index is 1390. The minimum atomic E-state index is -4.14. The molecule has 208 valence electrons. The van der Waals surface area contributed by atoms with E-state index in [0.29, 0.717) is 11.4 Å². The predicted octanol–water partition coefficient (Wildman–Crippen LogP) is 4.45. The number of carbonyl (C=O) groups is 2. The van der Waals surface area contributed by atoms with Gasteiger partial charge in [0.2, 0.25) is 11.8 Å². The second-order valence-electron chi connectivity index (χ2n) is 9.81. The minimum absolute atomic E-state index is 0.0210. The highest BCUT2D eigenvalue weighted by Gasteiger charge is 2.32. The Labute approximate surface area is 231 Å². The molecule has 1 atom stereocenters. The average molecular weight is 552 g/mol. The number of sulfonamides is 1. The molecule has 0 radical (unpaired) electrons. The standard InChI is InChI=1S/C30H37N3O5S/c1-21(2)31-30(35)24(5)32(19-25-10-8-7-9-23(25)4)29(34)20-33(26-13-11-22(3)12-14-26)39(36,37)28-17-15-27(38-6)16-18-28/h7-18,21,24H,19-20H2,1-6H3,(H,31,35)/t24-/m0/s1. The topological polar surface area (TPSA) is 96.0 Å². The summed E-state index contributed by atoms with van der Waals surface area (Å²) in [5.74, 6) is -0.296. The molecule has 0 aromatic heterocycles. The van der Waals surface area contributed by atoms with E-state index in [1.165, 1.54) is 24.1 Å². The van der Waals surface area contributed by atoms with E-state index in [1.54, 1.807) is 43.3 Å². The number of methoxy groups -OCH3 is 1. The number of nitrogens with zero attached hydrogens (tertiary/aromatic N) is 2. The smallest absolute Gasteiger partial charge is 0.264 e. The third-order valence-electron chi connectivity index (χ3n) is 6.45. The van der Waals surface area contributed by atoms with Crippen molar-refractivity contribution in [3.63, 3.8) is 0 Å². The molecule has 2 amide bonds. The summed E-state index contributed by atoms with van der Waals surface area (Å²) in [6.07, 6.45) is 0. The monoisotopic (exact) mass is 551 g/mol. The molecular weight excluding hydrogens is 514 g/mol. The molecule has 9 heteroatoms. The molecule has 0 spiro atoms. The van der Waals surface area contributed by atoms with Crippen molar-refractivity contribution in [3.05, 3.63) is 89.5 Å². The lowest BCUT2D eigenvalue weighted by Gasteiger charge is -2.32. The maximum Gasteiger partial charge on any atom is 0.264 e. The molecule has 0 saturated carbocycles. The van der Waals surface area contributed by atoms with Crippen LogP contribution in [-0.2, 0) is 26.2 Å². The number of anilines is 1. The van der Waals surface area contributed by atoms with Gasteiger partial charge in [-0.2, -0.15) is 0 Å². The Balaban J connectivity index is 2.04. The van der Waals surface area contributed by atoms with Crippen LogP contribution in [0.25, 0.3) is 0 Å². The van der Waals surface area contributed by atoms with E-state index in [1.807, 2.05) is 52.0 Å². The number of hydrogen-bond acceptors (Lipinski definition) is 5. The largest absolute Gasteiger partial charge is 0.497 e. The van der Waals surface area contributed by atoms with Crippen LogP contribution < -0.4 is 14.4 Å². The van der Waals surface area contributed by atoms with Gasteiger partial charge in [-0.1, -0.05) is 42.0 Å². The van der Waals surface area contributed by atoms with Crippen LogP contribution in [0.3, 0.4) is 0 Å². The van der Waals surface area contributed by atoms with Crippen molar-refractivity contribution >= 4 is 27.5 Å². The van der Waals surface area contributed by atoms with E-state index < -0.39 is 28.5 Å². The van der Waals surface area contributed by atoms with Crippen LogP contribution in [-0.4, -0.2) is 50.9 Å². The number of hydrogen-bond donors (Lipinski definition) is 1. The van der Waals surface area contributed by atoms with Gasteiger partial charge in [0.1, 0.15) is 18.3 Å². The van der Waals surface area contributed by atoms with Crippen LogP contribution in [0.4, 0.5) is 5.69 Å². The van der Waals surface area contributed by atoms with Crippen LogP contribution in [0, 0.1) is 13.8 Å². The minimum Gasteiger partial charge on any atom is -0.497 e. The SMILES string of the molecule is COc1ccc(S(=O)(=O)N(CC(=O)N(Cc2ccccc2C)[C@@H](C)C(=O)NC(C)C)c2ccc(C)cc2)cc1. The highest BCUT2D eigenvalue weighted by Crippen LogP contribution is 2.26. The van der Waals surface area contributed by atoms with Gasteiger partial charge in [0, 0.05) is 12.6 Å². The zero-order valence-electron chi connectivity index (χ0n) is 23.3. The first kappa shape index (κ1) is 29.7. The Kier molecular flexibility index (Phi) is 9.75. The molecule has 0 bridgehead atoms. The third kappa shape index (κ3) is 7.38. The summed E-state index contributed by atoms with van der Waals surface area (Å²) < 4.78 is 34.0. The van der Waals surface area contributed by atoms with Crippen LogP contribution >= 0.6 is 0 Å². The number of amides is 2. The highest BCUT2D eigenvalue weighted by atomic mass is 32.2. The predicted molar refractivity (Wildman–Crippen MR) is 153 cm³/mol. The lowest BCUT2D eigenvalue weighted by molar-refractivity contribution is -0.139. The van der Waals surface area contributed by atoms with Crippen molar-refractivity contribution in [3.8, 4) is 5.75 Å². The van der Waals surface area contributed by atoms with Crippen molar-refractivity contribution in [1.29, 1.82) is 0 Å². The molecule has 3 rings (SSSR count). The van der Waals surface area contributed by atoms with E-state index >= 15 is 0 Å². The van der Waals surface area contributed by atoms with Crippen LogP contribution in [0.5, 0.6) is 5.75 Å². The van der Waals surface area contributed by atoms with Crippen molar-refractivity contribution < 1.29 is 22.7 Å². The van der Waals surface area contributed by atoms with Crippen molar-refractivity contribution in [2.45, 2.75) is 58.1 Å². The molecule has 0 fully saturated rings. The van der Waals surface area contributed by atoms with Crippen molar-refractivity contribution in [2.75, 3.05) is 18.0 Å². The molecule has 0 aliphatic heterocycles. The second-order valence-corrected chi connectivity index (χ2v) is 11.7. The number of aryl methyl sites for hydroxylation is 2. The summed E-state index contributed by atoms with van der Waals surface area (Å²) in [5.41, 5.74) is 3.13. The van der Waals surface area contributed by atoms with Gasteiger partial charge in [-0.05, 0) is 82.1 Å². The normalized spacial score (nSPS) is 12.1. The molecule has 3 aromatic rings. The zero-order valence-corrected chi connectivity index (χ0v) is 24.2. The fraction of sp³-hybridized carbons (Fsp3) is 0.333. The molecule has 8 nitrogen and oxygen atoms in total. The molecule has 0 saturated heterocycles. The first-order valence-electron chi connectivity index (χ1n) is 12.8. The number of ether oxygens (including phenoxy) is 1. The number of benzene rings is 3. The maximum atomic E-state index is 13.9. The van der Waals surface area contributed by atoms with Crippen LogP contribution in [0.2, 0.25) is 0 Å². The molecule has 0 unspecified atom stereocenters. The summed E-state index contributed by atoms with van der Waals surface area (Å²) in [7, 11) is -2.64. The Morgan fingerprint density at radius 3 is 2.08 bits per heavy atom. The fourth-order valence-corrected chi connectivity index (χ4v) is 5.49. The Morgan fingerprint density at radius 1 is 0.897 bits per heavy atom. The van der Waals surface area contributed by atoms with Gasteiger partial charge in [-0.25, -0.2) is 8.42 Å². The van der Waals surface area contributed by atoms with Gasteiger partial charge >= 0.3 is 0 Å². The molecular formula is C30H37N3O5S. The summed E-state index contributed by atoms with van der Waals surface area (Å²) in [6, 6.07) is 19.6. The fourth-order valence-electron chi connectivity index (χ4n) is 4.07. The lowest BCUT2D eigenvalue weighted by atomic mass is 10.1. The van der Waals surface area contributed by atoms with E-state index in [0.717, 1.165) is 21.0 Å². The summed E-state index contributed by atoms with van der Waals surface area (Å²) in [4.78, 5) is 28.4. The lowest BCUT2D eigenvalue weighted by Crippen LogP contribution is -2.52. The molecule has 0 aliphatic rings. The Hall–Kier alpha value is -3.85. The van der Waals surface area contributed by atoms with E-state index in [-0.39, 0.29) is 23.4 Å². The van der Waals surface area contributed by atoms with E-state index in [2.05, 4.69) is 5.32 Å². The average Bonchev–Trinajstić information content (AvgIpc) is 2.91. The van der Waals surface area contributed by atoms with Gasteiger partial charge in [0.25, 0.3) is 10.0 Å². The summed E-state index contributed by atoms with van der Waals surface area (Å²) in [5, 5.41) is 2.86. The molecule has 0 aliphatic carbocycles. The molecule has 1 N–H and O–H groups in total. The van der Waals surface area contributed by atoms with Gasteiger partial charge in [-0.15, -0.1) is 0 Å². The quantitative estimate of drug-likeness (QED) is 0.380. The van der Waals surface area contributed by atoms with E-state index in [4.69, 9.17) is 4.74 Å². The maximum absolute atomic E-state index is 13.9. The number of carbonyl (C=O) groups excluding carboxylic acids is 2. The van der Waals surface area contributed by atoms with Gasteiger partial charge in [-0.3, -0.25) is 13.9 Å². The van der Waals surface area contributed by atoms with Gasteiger partial charge in [0.15, 0.2) is 0 Å². The molecule has 0 heterocycles. The van der Waals surface area contributed by atoms with Gasteiger partial charge in [0.05, 0.1) is 17.7 Å². The third-order valence-corrected chi connectivity index (χ3v) is 8.24. The first-order chi connectivity index (χ1) is 18.4. The zero-order chi connectivity index (χ0) is 28.7.